The zero-order chi connectivity index (χ0) is 14.4. The summed E-state index contributed by atoms with van der Waals surface area (Å²) < 4.78 is 0. The molecule has 1 aromatic heterocycles. The molecule has 2 N–H and O–H groups in total. The fourth-order valence-electron chi connectivity index (χ4n) is 1.62. The van der Waals surface area contributed by atoms with Crippen molar-refractivity contribution in [1.29, 1.82) is 0 Å². The summed E-state index contributed by atoms with van der Waals surface area (Å²) in [6.07, 6.45) is 2.14. The minimum Gasteiger partial charge on any atom is -0.337 e. The van der Waals surface area contributed by atoms with Crippen molar-refractivity contribution in [3.63, 3.8) is 0 Å². The molecule has 0 saturated carbocycles. The second-order valence-electron chi connectivity index (χ2n) is 4.08. The Balaban J connectivity index is 1.78. The van der Waals surface area contributed by atoms with Crippen molar-refractivity contribution in [2.75, 3.05) is 11.9 Å². The van der Waals surface area contributed by atoms with Gasteiger partial charge in [0, 0.05) is 17.8 Å². The number of benzene rings is 1. The summed E-state index contributed by atoms with van der Waals surface area (Å²) in [4.78, 5) is 15.6. The summed E-state index contributed by atoms with van der Waals surface area (Å²) in [5.74, 6) is 0.449. The number of aromatic nitrogens is 1. The zero-order valence-electron chi connectivity index (χ0n) is 10.6. The van der Waals surface area contributed by atoms with Crippen LogP contribution in [0.3, 0.4) is 0 Å². The van der Waals surface area contributed by atoms with Crippen LogP contribution in [0.1, 0.15) is 5.56 Å². The molecule has 2 amide bonds. The van der Waals surface area contributed by atoms with Gasteiger partial charge in [0.15, 0.2) is 0 Å². The first-order valence-electron chi connectivity index (χ1n) is 6.05. The molecule has 0 unspecified atom stereocenters. The van der Waals surface area contributed by atoms with E-state index >= 15 is 0 Å². The van der Waals surface area contributed by atoms with Gasteiger partial charge in [-0.3, -0.25) is 5.32 Å². The number of amides is 2. The minimum atomic E-state index is -0.313. The third-order valence-corrected chi connectivity index (χ3v) is 3.20. The van der Waals surface area contributed by atoms with E-state index in [1.54, 1.807) is 12.1 Å². The van der Waals surface area contributed by atoms with E-state index in [1.807, 2.05) is 24.3 Å². The molecule has 104 valence electrons. The molecule has 0 radical (unpaired) electrons. The van der Waals surface area contributed by atoms with Gasteiger partial charge in [-0.15, -0.1) is 0 Å². The van der Waals surface area contributed by atoms with Crippen LogP contribution in [0.25, 0.3) is 0 Å². The monoisotopic (exact) mass is 309 g/mol. The lowest BCUT2D eigenvalue weighted by atomic mass is 10.1. The van der Waals surface area contributed by atoms with Crippen molar-refractivity contribution in [1.82, 2.24) is 10.3 Å². The number of carbonyl (C=O) groups excluding carboxylic acids is 1. The summed E-state index contributed by atoms with van der Waals surface area (Å²) in [7, 11) is 0. The second kappa shape index (κ2) is 7.12. The van der Waals surface area contributed by atoms with Crippen LogP contribution in [-0.4, -0.2) is 17.6 Å². The van der Waals surface area contributed by atoms with E-state index in [-0.39, 0.29) is 6.03 Å². The molecule has 1 aromatic carbocycles. The van der Waals surface area contributed by atoms with E-state index in [1.165, 1.54) is 6.20 Å². The molecule has 0 spiro atoms. The molecule has 0 saturated heterocycles. The van der Waals surface area contributed by atoms with Crippen molar-refractivity contribution in [2.45, 2.75) is 6.42 Å². The van der Waals surface area contributed by atoms with Crippen LogP contribution in [0, 0.1) is 0 Å². The number of urea groups is 1. The third-order valence-electron chi connectivity index (χ3n) is 2.61. The third kappa shape index (κ3) is 4.40. The Labute approximate surface area is 127 Å². The standard InChI is InChI=1S/C14H13Cl2N3O/c15-11-5-6-13(18-9-11)19-14(20)17-8-7-10-3-1-2-4-12(10)16/h1-6,9H,7-8H2,(H2,17,18,19,20). The first kappa shape index (κ1) is 14.6. The van der Waals surface area contributed by atoms with Crippen LogP contribution in [0.15, 0.2) is 42.6 Å². The van der Waals surface area contributed by atoms with E-state index in [2.05, 4.69) is 15.6 Å². The van der Waals surface area contributed by atoms with Gasteiger partial charge in [-0.1, -0.05) is 41.4 Å². The second-order valence-corrected chi connectivity index (χ2v) is 4.93. The normalized spacial score (nSPS) is 10.1. The topological polar surface area (TPSA) is 54.0 Å². The Morgan fingerprint density at radius 3 is 2.65 bits per heavy atom. The van der Waals surface area contributed by atoms with Gasteiger partial charge in [0.2, 0.25) is 0 Å². The molecule has 0 aliphatic rings. The molecule has 4 nitrogen and oxygen atoms in total. The van der Waals surface area contributed by atoms with Crippen molar-refractivity contribution in [3.05, 3.63) is 58.2 Å². The molecule has 2 aromatic rings. The molecule has 6 heteroatoms. The average molecular weight is 310 g/mol. The van der Waals surface area contributed by atoms with Gasteiger partial charge in [0.25, 0.3) is 0 Å². The van der Waals surface area contributed by atoms with Gasteiger partial charge in [-0.2, -0.15) is 0 Å². The van der Waals surface area contributed by atoms with Gasteiger partial charge in [-0.05, 0) is 30.2 Å². The number of hydrogen-bond acceptors (Lipinski definition) is 2. The number of hydrogen-bond donors (Lipinski definition) is 2. The summed E-state index contributed by atoms with van der Waals surface area (Å²) in [5.41, 5.74) is 0.999. The predicted octanol–water partition coefficient (Wildman–Crippen LogP) is 3.75. The first-order valence-corrected chi connectivity index (χ1v) is 6.80. The van der Waals surface area contributed by atoms with Gasteiger partial charge in [0.05, 0.1) is 5.02 Å². The van der Waals surface area contributed by atoms with Crippen LogP contribution < -0.4 is 10.6 Å². The Bertz CT molecular complexity index is 587. The van der Waals surface area contributed by atoms with Crippen molar-refractivity contribution in [3.8, 4) is 0 Å². The summed E-state index contributed by atoms with van der Waals surface area (Å²) in [5, 5.41) is 6.58. The maximum Gasteiger partial charge on any atom is 0.320 e. The summed E-state index contributed by atoms with van der Waals surface area (Å²) in [6.45, 7) is 0.489. The first-order chi connectivity index (χ1) is 9.65. The lowest BCUT2D eigenvalue weighted by molar-refractivity contribution is 0.252. The Hall–Kier alpha value is -1.78. The van der Waals surface area contributed by atoms with Crippen LogP contribution in [0.4, 0.5) is 10.6 Å². The van der Waals surface area contributed by atoms with Crippen LogP contribution in [0.2, 0.25) is 10.0 Å². The van der Waals surface area contributed by atoms with Gasteiger partial charge in [0.1, 0.15) is 5.82 Å². The SMILES string of the molecule is O=C(NCCc1ccccc1Cl)Nc1ccc(Cl)cn1. The number of nitrogens with one attached hydrogen (secondary N) is 2. The quantitative estimate of drug-likeness (QED) is 0.903. The van der Waals surface area contributed by atoms with Crippen molar-refractivity contribution < 1.29 is 4.79 Å². The smallest absolute Gasteiger partial charge is 0.320 e. The fraction of sp³-hybridized carbons (Fsp3) is 0.143. The van der Waals surface area contributed by atoms with Crippen molar-refractivity contribution >= 4 is 35.1 Å². The summed E-state index contributed by atoms with van der Waals surface area (Å²) in [6, 6.07) is 10.5. The minimum absolute atomic E-state index is 0.313. The lowest BCUT2D eigenvalue weighted by Gasteiger charge is -2.08. The highest BCUT2D eigenvalue weighted by Crippen LogP contribution is 2.14. The molecular weight excluding hydrogens is 297 g/mol. The van der Waals surface area contributed by atoms with E-state index in [4.69, 9.17) is 23.2 Å². The summed E-state index contributed by atoms with van der Waals surface area (Å²) >= 11 is 11.7. The van der Waals surface area contributed by atoms with Gasteiger partial charge >= 0.3 is 6.03 Å². The number of halogens is 2. The van der Waals surface area contributed by atoms with Crippen molar-refractivity contribution in [2.24, 2.45) is 0 Å². The highest BCUT2D eigenvalue weighted by molar-refractivity contribution is 6.31. The number of rotatable bonds is 4. The van der Waals surface area contributed by atoms with Crippen LogP contribution >= 0.6 is 23.2 Å². The van der Waals surface area contributed by atoms with E-state index < -0.39 is 0 Å². The lowest BCUT2D eigenvalue weighted by Crippen LogP contribution is -2.30. The molecule has 0 fully saturated rings. The molecule has 20 heavy (non-hydrogen) atoms. The highest BCUT2D eigenvalue weighted by atomic mass is 35.5. The zero-order valence-corrected chi connectivity index (χ0v) is 12.1. The number of carbonyl (C=O) groups is 1. The number of nitrogens with zero attached hydrogens (tertiary/aromatic N) is 1. The molecule has 0 aliphatic carbocycles. The maximum atomic E-state index is 11.6. The van der Waals surface area contributed by atoms with E-state index in [0.717, 1.165) is 5.56 Å². The Morgan fingerprint density at radius 2 is 1.95 bits per heavy atom. The molecule has 0 aliphatic heterocycles. The Morgan fingerprint density at radius 1 is 1.15 bits per heavy atom. The molecule has 2 rings (SSSR count). The average Bonchev–Trinajstić information content (AvgIpc) is 2.43. The molecule has 0 bridgehead atoms. The number of anilines is 1. The van der Waals surface area contributed by atoms with Crippen LogP contribution in [-0.2, 0) is 6.42 Å². The molecule has 1 heterocycles. The predicted molar refractivity (Wildman–Crippen MR) is 81.4 cm³/mol. The van der Waals surface area contributed by atoms with E-state index in [9.17, 15) is 4.79 Å². The highest BCUT2D eigenvalue weighted by Gasteiger charge is 2.03. The Kier molecular flexibility index (Phi) is 5.21. The maximum absolute atomic E-state index is 11.6. The van der Waals surface area contributed by atoms with E-state index in [0.29, 0.717) is 28.8 Å². The number of pyridine rings is 1. The van der Waals surface area contributed by atoms with Gasteiger partial charge < -0.3 is 5.32 Å². The largest absolute Gasteiger partial charge is 0.337 e. The molecular formula is C14H13Cl2N3O. The fourth-order valence-corrected chi connectivity index (χ4v) is 1.96. The van der Waals surface area contributed by atoms with Gasteiger partial charge in [-0.25, -0.2) is 9.78 Å². The van der Waals surface area contributed by atoms with Crippen LogP contribution in [0.5, 0.6) is 0 Å². The molecule has 0 atom stereocenters.